The predicted octanol–water partition coefficient (Wildman–Crippen LogP) is 1.63. The van der Waals surface area contributed by atoms with Crippen LogP contribution in [-0.2, 0) is 19.7 Å². The first kappa shape index (κ1) is 14.9. The Kier molecular flexibility index (Phi) is 4.83. The van der Waals surface area contributed by atoms with Crippen molar-refractivity contribution in [3.63, 3.8) is 0 Å². The zero-order chi connectivity index (χ0) is 15.2. The SMILES string of the molecule is CCCn1ncnc1COc1ccc([N+](=O)[O-])cc1CN. The number of aromatic nitrogens is 3. The molecule has 0 aliphatic rings. The number of nitro benzene ring substituents is 1. The number of hydrogen-bond donors (Lipinski definition) is 1. The molecule has 0 unspecified atom stereocenters. The minimum atomic E-state index is -0.458. The first-order valence-corrected chi connectivity index (χ1v) is 6.62. The van der Waals surface area contributed by atoms with Crippen molar-refractivity contribution in [2.45, 2.75) is 33.0 Å². The third-order valence-electron chi connectivity index (χ3n) is 2.96. The number of nitrogens with zero attached hydrogens (tertiary/aromatic N) is 4. The maximum Gasteiger partial charge on any atom is 0.270 e. The Morgan fingerprint density at radius 2 is 2.29 bits per heavy atom. The second-order valence-corrected chi connectivity index (χ2v) is 4.44. The molecule has 112 valence electrons. The zero-order valence-corrected chi connectivity index (χ0v) is 11.7. The standard InChI is InChI=1S/C13H17N5O3/c1-2-5-17-13(15-9-16-17)8-21-12-4-3-11(18(19)20)6-10(12)7-14/h3-4,6,9H,2,5,7-8,14H2,1H3. The lowest BCUT2D eigenvalue weighted by molar-refractivity contribution is -0.384. The average molecular weight is 291 g/mol. The highest BCUT2D eigenvalue weighted by Gasteiger charge is 2.12. The fourth-order valence-electron chi connectivity index (χ4n) is 1.92. The molecular weight excluding hydrogens is 274 g/mol. The van der Waals surface area contributed by atoms with Crippen molar-refractivity contribution in [2.75, 3.05) is 0 Å². The summed E-state index contributed by atoms with van der Waals surface area (Å²) in [5.41, 5.74) is 6.20. The lowest BCUT2D eigenvalue weighted by Crippen LogP contribution is -2.10. The number of ether oxygens (including phenoxy) is 1. The molecule has 0 fully saturated rings. The van der Waals surface area contributed by atoms with Crippen LogP contribution in [0.2, 0.25) is 0 Å². The van der Waals surface area contributed by atoms with Gasteiger partial charge in [-0.05, 0) is 12.5 Å². The van der Waals surface area contributed by atoms with Crippen LogP contribution < -0.4 is 10.5 Å². The first-order valence-electron chi connectivity index (χ1n) is 6.62. The summed E-state index contributed by atoms with van der Waals surface area (Å²) in [6.07, 6.45) is 2.43. The molecule has 21 heavy (non-hydrogen) atoms. The molecule has 2 rings (SSSR count). The van der Waals surface area contributed by atoms with E-state index in [1.54, 1.807) is 10.7 Å². The Bertz CT molecular complexity index is 626. The number of benzene rings is 1. The number of aryl methyl sites for hydroxylation is 1. The minimum absolute atomic E-state index is 0.00282. The molecule has 2 aromatic rings. The van der Waals surface area contributed by atoms with Crippen LogP contribution in [0.4, 0.5) is 5.69 Å². The van der Waals surface area contributed by atoms with Crippen molar-refractivity contribution in [2.24, 2.45) is 5.73 Å². The van der Waals surface area contributed by atoms with Gasteiger partial charge in [-0.15, -0.1) is 0 Å². The molecular formula is C13H17N5O3. The molecule has 0 aliphatic heterocycles. The third kappa shape index (κ3) is 3.54. The molecule has 0 amide bonds. The van der Waals surface area contributed by atoms with Crippen LogP contribution in [0.1, 0.15) is 24.7 Å². The summed E-state index contributed by atoms with van der Waals surface area (Å²) in [4.78, 5) is 14.4. The van der Waals surface area contributed by atoms with Gasteiger partial charge in [-0.1, -0.05) is 6.92 Å². The van der Waals surface area contributed by atoms with E-state index in [4.69, 9.17) is 10.5 Å². The van der Waals surface area contributed by atoms with E-state index in [0.29, 0.717) is 17.1 Å². The Morgan fingerprint density at radius 1 is 1.48 bits per heavy atom. The summed E-state index contributed by atoms with van der Waals surface area (Å²) in [5, 5.41) is 14.9. The van der Waals surface area contributed by atoms with Gasteiger partial charge in [0.15, 0.2) is 5.82 Å². The first-order chi connectivity index (χ1) is 10.2. The zero-order valence-electron chi connectivity index (χ0n) is 11.7. The van der Waals surface area contributed by atoms with Crippen molar-refractivity contribution in [1.29, 1.82) is 0 Å². The molecule has 1 aromatic heterocycles. The van der Waals surface area contributed by atoms with E-state index in [2.05, 4.69) is 17.0 Å². The van der Waals surface area contributed by atoms with Crippen molar-refractivity contribution < 1.29 is 9.66 Å². The summed E-state index contributed by atoms with van der Waals surface area (Å²) in [6, 6.07) is 4.37. The van der Waals surface area contributed by atoms with Crippen molar-refractivity contribution >= 4 is 5.69 Å². The van der Waals surface area contributed by atoms with E-state index >= 15 is 0 Å². The highest BCUT2D eigenvalue weighted by molar-refractivity contribution is 5.43. The monoisotopic (exact) mass is 291 g/mol. The fraction of sp³-hybridized carbons (Fsp3) is 0.385. The number of nitrogens with two attached hydrogens (primary N) is 1. The highest BCUT2D eigenvalue weighted by Crippen LogP contribution is 2.24. The smallest absolute Gasteiger partial charge is 0.270 e. The maximum atomic E-state index is 10.7. The molecule has 0 atom stereocenters. The Hall–Kier alpha value is -2.48. The van der Waals surface area contributed by atoms with Gasteiger partial charge < -0.3 is 10.5 Å². The number of non-ortho nitro benzene ring substituents is 1. The largest absolute Gasteiger partial charge is 0.485 e. The topological polar surface area (TPSA) is 109 Å². The highest BCUT2D eigenvalue weighted by atomic mass is 16.6. The lowest BCUT2D eigenvalue weighted by Gasteiger charge is -2.10. The van der Waals surface area contributed by atoms with E-state index in [9.17, 15) is 10.1 Å². The van der Waals surface area contributed by atoms with Crippen molar-refractivity contribution in [1.82, 2.24) is 14.8 Å². The van der Waals surface area contributed by atoms with Crippen LogP contribution in [0.5, 0.6) is 5.75 Å². The van der Waals surface area contributed by atoms with Crippen LogP contribution in [0.3, 0.4) is 0 Å². The van der Waals surface area contributed by atoms with Gasteiger partial charge in [-0.25, -0.2) is 9.67 Å². The van der Waals surface area contributed by atoms with Gasteiger partial charge in [-0.2, -0.15) is 5.10 Å². The van der Waals surface area contributed by atoms with E-state index in [1.807, 2.05) is 0 Å². The van der Waals surface area contributed by atoms with E-state index < -0.39 is 4.92 Å². The molecule has 0 spiro atoms. The summed E-state index contributed by atoms with van der Waals surface area (Å²) in [5.74, 6) is 1.23. The van der Waals surface area contributed by atoms with E-state index in [1.165, 1.54) is 18.5 Å². The predicted molar refractivity (Wildman–Crippen MR) is 75.6 cm³/mol. The molecule has 1 aromatic carbocycles. The van der Waals surface area contributed by atoms with Gasteiger partial charge in [0.05, 0.1) is 4.92 Å². The van der Waals surface area contributed by atoms with Gasteiger partial charge in [0, 0.05) is 30.8 Å². The lowest BCUT2D eigenvalue weighted by atomic mass is 10.2. The second-order valence-electron chi connectivity index (χ2n) is 4.44. The average Bonchev–Trinajstić information content (AvgIpc) is 2.92. The molecule has 8 nitrogen and oxygen atoms in total. The molecule has 1 heterocycles. The van der Waals surface area contributed by atoms with E-state index in [-0.39, 0.29) is 18.8 Å². The normalized spacial score (nSPS) is 10.6. The Labute approximate surface area is 121 Å². The van der Waals surface area contributed by atoms with E-state index in [0.717, 1.165) is 13.0 Å². The van der Waals surface area contributed by atoms with Gasteiger partial charge >= 0.3 is 0 Å². The summed E-state index contributed by atoms with van der Waals surface area (Å²) >= 11 is 0. The maximum absolute atomic E-state index is 10.7. The summed E-state index contributed by atoms with van der Waals surface area (Å²) < 4.78 is 7.44. The van der Waals surface area contributed by atoms with Crippen LogP contribution in [-0.4, -0.2) is 19.7 Å². The number of rotatable bonds is 7. The molecule has 8 heteroatoms. The Morgan fingerprint density at radius 3 is 2.95 bits per heavy atom. The summed E-state index contributed by atoms with van der Waals surface area (Å²) in [7, 11) is 0. The molecule has 0 saturated carbocycles. The molecule has 0 aliphatic carbocycles. The Balaban J connectivity index is 2.12. The molecule has 0 radical (unpaired) electrons. The quantitative estimate of drug-likeness (QED) is 0.613. The van der Waals surface area contributed by atoms with Gasteiger partial charge in [0.25, 0.3) is 5.69 Å². The van der Waals surface area contributed by atoms with Crippen molar-refractivity contribution in [3.8, 4) is 5.75 Å². The van der Waals surface area contributed by atoms with Crippen molar-refractivity contribution in [3.05, 3.63) is 46.0 Å². The fourth-order valence-corrected chi connectivity index (χ4v) is 1.92. The second kappa shape index (κ2) is 6.80. The van der Waals surface area contributed by atoms with Gasteiger partial charge in [0.1, 0.15) is 18.7 Å². The van der Waals surface area contributed by atoms with Gasteiger partial charge in [-0.3, -0.25) is 10.1 Å². The third-order valence-corrected chi connectivity index (χ3v) is 2.96. The van der Waals surface area contributed by atoms with Crippen LogP contribution in [0, 0.1) is 10.1 Å². The van der Waals surface area contributed by atoms with Gasteiger partial charge in [0.2, 0.25) is 0 Å². The molecule has 2 N–H and O–H groups in total. The number of nitro groups is 1. The van der Waals surface area contributed by atoms with Crippen LogP contribution in [0.15, 0.2) is 24.5 Å². The van der Waals surface area contributed by atoms with Crippen LogP contribution in [0.25, 0.3) is 0 Å². The molecule has 0 saturated heterocycles. The van der Waals surface area contributed by atoms with Crippen LogP contribution >= 0.6 is 0 Å². The number of hydrogen-bond acceptors (Lipinski definition) is 6. The summed E-state index contributed by atoms with van der Waals surface area (Å²) in [6.45, 7) is 3.22. The molecule has 0 bridgehead atoms. The minimum Gasteiger partial charge on any atom is -0.485 e.